The molecule has 0 saturated carbocycles. The summed E-state index contributed by atoms with van der Waals surface area (Å²) in [4.78, 5) is 0.384. The lowest BCUT2D eigenvalue weighted by Crippen LogP contribution is -2.53. The first-order valence-electron chi connectivity index (χ1n) is 5.58. The Hall–Kier alpha value is -0.910. The number of hydrogen-bond donors (Lipinski definition) is 1. The summed E-state index contributed by atoms with van der Waals surface area (Å²) in [6.07, 6.45) is -0.518. The smallest absolute Gasteiger partial charge is 0.243 e. The Morgan fingerprint density at radius 2 is 1.65 bits per heavy atom. The average Bonchev–Trinajstić information content (AvgIpc) is 2.10. The van der Waals surface area contributed by atoms with Gasteiger partial charge in [0.1, 0.15) is 0 Å². The van der Waals surface area contributed by atoms with Crippen molar-refractivity contribution >= 4 is 10.0 Å². The SMILES string of the molecule is Cc1cc(C)c(S(=O)(=O)N2CC(O)C2)c(C)c1. The van der Waals surface area contributed by atoms with Crippen LogP contribution >= 0.6 is 0 Å². The van der Waals surface area contributed by atoms with E-state index in [9.17, 15) is 13.5 Å². The molecule has 2 rings (SSSR count). The number of aryl methyl sites for hydroxylation is 3. The molecule has 0 atom stereocenters. The van der Waals surface area contributed by atoms with Crippen molar-refractivity contribution in [1.82, 2.24) is 4.31 Å². The van der Waals surface area contributed by atoms with E-state index < -0.39 is 16.1 Å². The van der Waals surface area contributed by atoms with Crippen LogP contribution in [0.1, 0.15) is 16.7 Å². The molecule has 1 N–H and O–H groups in total. The van der Waals surface area contributed by atoms with Crippen molar-refractivity contribution in [2.45, 2.75) is 31.8 Å². The Balaban J connectivity index is 2.47. The van der Waals surface area contributed by atoms with E-state index in [1.54, 1.807) is 0 Å². The van der Waals surface area contributed by atoms with E-state index in [4.69, 9.17) is 0 Å². The van der Waals surface area contributed by atoms with Crippen molar-refractivity contribution in [1.29, 1.82) is 0 Å². The van der Waals surface area contributed by atoms with Crippen LogP contribution in [0.15, 0.2) is 17.0 Å². The molecule has 0 unspecified atom stereocenters. The van der Waals surface area contributed by atoms with Gasteiger partial charge in [-0.2, -0.15) is 4.31 Å². The van der Waals surface area contributed by atoms with Crippen molar-refractivity contribution in [3.63, 3.8) is 0 Å². The molecule has 0 radical (unpaired) electrons. The number of sulfonamides is 1. The third-order valence-corrected chi connectivity index (χ3v) is 5.17. The standard InChI is InChI=1S/C12H17NO3S/c1-8-4-9(2)12(10(3)5-8)17(15,16)13-6-11(14)7-13/h4-5,11,14H,6-7H2,1-3H3. The fraction of sp³-hybridized carbons (Fsp3) is 0.500. The van der Waals surface area contributed by atoms with Crippen molar-refractivity contribution in [2.24, 2.45) is 0 Å². The predicted molar refractivity (Wildman–Crippen MR) is 65.4 cm³/mol. The largest absolute Gasteiger partial charge is 0.390 e. The summed E-state index contributed by atoms with van der Waals surface area (Å²) in [5.41, 5.74) is 2.59. The quantitative estimate of drug-likeness (QED) is 0.857. The number of rotatable bonds is 2. The normalized spacial score (nSPS) is 18.1. The van der Waals surface area contributed by atoms with Crippen LogP contribution in [-0.4, -0.2) is 37.0 Å². The fourth-order valence-corrected chi connectivity index (χ4v) is 4.24. The number of aliphatic hydroxyl groups excluding tert-OH is 1. The molecule has 1 saturated heterocycles. The highest BCUT2D eigenvalue weighted by molar-refractivity contribution is 7.89. The van der Waals surface area contributed by atoms with E-state index in [2.05, 4.69) is 0 Å². The van der Waals surface area contributed by atoms with Crippen LogP contribution in [-0.2, 0) is 10.0 Å². The van der Waals surface area contributed by atoms with Gasteiger partial charge in [0.2, 0.25) is 10.0 Å². The number of benzene rings is 1. The molecule has 1 fully saturated rings. The van der Waals surface area contributed by atoms with Crippen molar-refractivity contribution in [3.05, 3.63) is 28.8 Å². The summed E-state index contributed by atoms with van der Waals surface area (Å²) < 4.78 is 26.0. The van der Waals surface area contributed by atoms with Crippen LogP contribution in [0.2, 0.25) is 0 Å². The molecule has 1 heterocycles. The Labute approximate surface area is 102 Å². The highest BCUT2D eigenvalue weighted by Gasteiger charge is 2.37. The van der Waals surface area contributed by atoms with Crippen LogP contribution in [0.25, 0.3) is 0 Å². The van der Waals surface area contributed by atoms with E-state index in [0.29, 0.717) is 4.90 Å². The lowest BCUT2D eigenvalue weighted by Gasteiger charge is -2.35. The number of β-amino-alcohol motifs (C(OH)–C–C–N with tert-alkyl or cyclic N) is 1. The van der Waals surface area contributed by atoms with E-state index in [-0.39, 0.29) is 13.1 Å². The second kappa shape index (κ2) is 4.08. The van der Waals surface area contributed by atoms with Crippen LogP contribution < -0.4 is 0 Å². The maximum atomic E-state index is 12.3. The molecular formula is C12H17NO3S. The minimum absolute atomic E-state index is 0.203. The maximum absolute atomic E-state index is 12.3. The van der Waals surface area contributed by atoms with Crippen LogP contribution in [0.4, 0.5) is 0 Å². The predicted octanol–water partition coefficient (Wildman–Crippen LogP) is 0.977. The Morgan fingerprint density at radius 1 is 1.18 bits per heavy atom. The second-order valence-corrected chi connectivity index (χ2v) is 6.58. The molecule has 0 aliphatic carbocycles. The van der Waals surface area contributed by atoms with E-state index in [1.165, 1.54) is 4.31 Å². The van der Waals surface area contributed by atoms with Crippen LogP contribution in [0, 0.1) is 20.8 Å². The molecule has 0 bridgehead atoms. The molecule has 94 valence electrons. The molecule has 0 spiro atoms. The lowest BCUT2D eigenvalue weighted by atomic mass is 10.1. The van der Waals surface area contributed by atoms with Crippen molar-refractivity contribution in [2.75, 3.05) is 13.1 Å². The molecule has 1 aromatic rings. The van der Waals surface area contributed by atoms with Gasteiger partial charge in [0.05, 0.1) is 11.0 Å². The summed E-state index contributed by atoms with van der Waals surface area (Å²) in [7, 11) is -3.44. The molecular weight excluding hydrogens is 238 g/mol. The molecule has 5 heteroatoms. The van der Waals surface area contributed by atoms with Gasteiger partial charge >= 0.3 is 0 Å². The lowest BCUT2D eigenvalue weighted by molar-refractivity contribution is 0.0547. The van der Waals surface area contributed by atoms with E-state index in [1.807, 2.05) is 32.9 Å². The van der Waals surface area contributed by atoms with Crippen molar-refractivity contribution < 1.29 is 13.5 Å². The Morgan fingerprint density at radius 3 is 2.06 bits per heavy atom. The topological polar surface area (TPSA) is 57.6 Å². The Bertz CT molecular complexity index is 522. The first-order chi connectivity index (χ1) is 7.82. The van der Waals surface area contributed by atoms with Gasteiger partial charge in [-0.15, -0.1) is 0 Å². The van der Waals surface area contributed by atoms with Gasteiger partial charge in [-0.05, 0) is 31.9 Å². The maximum Gasteiger partial charge on any atom is 0.243 e. The highest BCUT2D eigenvalue weighted by atomic mass is 32.2. The molecule has 4 nitrogen and oxygen atoms in total. The molecule has 0 amide bonds. The van der Waals surface area contributed by atoms with E-state index in [0.717, 1.165) is 16.7 Å². The fourth-order valence-electron chi connectivity index (χ4n) is 2.32. The first-order valence-corrected chi connectivity index (χ1v) is 7.02. The van der Waals surface area contributed by atoms with Crippen molar-refractivity contribution in [3.8, 4) is 0 Å². The molecule has 17 heavy (non-hydrogen) atoms. The third-order valence-electron chi connectivity index (χ3n) is 3.03. The Kier molecular flexibility index (Phi) is 3.01. The van der Waals surface area contributed by atoms with Crippen LogP contribution in [0.3, 0.4) is 0 Å². The minimum atomic E-state index is -3.44. The van der Waals surface area contributed by atoms with Gasteiger partial charge in [0, 0.05) is 13.1 Å². The highest BCUT2D eigenvalue weighted by Crippen LogP contribution is 2.27. The van der Waals surface area contributed by atoms with Gasteiger partial charge in [-0.3, -0.25) is 0 Å². The van der Waals surface area contributed by atoms with Gasteiger partial charge in [-0.1, -0.05) is 17.7 Å². The number of nitrogens with zero attached hydrogens (tertiary/aromatic N) is 1. The van der Waals surface area contributed by atoms with Crippen LogP contribution in [0.5, 0.6) is 0 Å². The monoisotopic (exact) mass is 255 g/mol. The summed E-state index contributed by atoms with van der Waals surface area (Å²) in [6.45, 7) is 5.97. The first kappa shape index (κ1) is 12.5. The van der Waals surface area contributed by atoms with E-state index >= 15 is 0 Å². The summed E-state index contributed by atoms with van der Waals surface area (Å²) >= 11 is 0. The number of hydrogen-bond acceptors (Lipinski definition) is 3. The number of aliphatic hydroxyl groups is 1. The average molecular weight is 255 g/mol. The third kappa shape index (κ3) is 2.10. The van der Waals surface area contributed by atoms with Gasteiger partial charge in [0.25, 0.3) is 0 Å². The zero-order chi connectivity index (χ0) is 12.8. The molecule has 1 aliphatic rings. The second-order valence-electron chi connectivity index (χ2n) is 4.70. The minimum Gasteiger partial charge on any atom is -0.390 e. The molecule has 0 aromatic heterocycles. The summed E-state index contributed by atoms with van der Waals surface area (Å²) in [6, 6.07) is 3.74. The zero-order valence-corrected chi connectivity index (χ0v) is 11.1. The van der Waals surface area contributed by atoms with Gasteiger partial charge < -0.3 is 5.11 Å². The molecule has 1 aliphatic heterocycles. The van der Waals surface area contributed by atoms with Gasteiger partial charge in [0.15, 0.2) is 0 Å². The van der Waals surface area contributed by atoms with Gasteiger partial charge in [-0.25, -0.2) is 8.42 Å². The summed E-state index contributed by atoms with van der Waals surface area (Å²) in [5.74, 6) is 0. The zero-order valence-electron chi connectivity index (χ0n) is 10.3. The summed E-state index contributed by atoms with van der Waals surface area (Å²) in [5, 5.41) is 9.21. The molecule has 1 aromatic carbocycles.